The molecule has 0 bridgehead atoms. The number of phenols is 1. The minimum absolute atomic E-state index is 0.0351. The van der Waals surface area contributed by atoms with Crippen LogP contribution in [0.3, 0.4) is 0 Å². The van der Waals surface area contributed by atoms with Crippen LogP contribution in [0.2, 0.25) is 0 Å². The van der Waals surface area contributed by atoms with Crippen LogP contribution in [0.4, 0.5) is 14.5 Å². The minimum Gasteiger partial charge on any atom is -0.508 e. The summed E-state index contributed by atoms with van der Waals surface area (Å²) < 4.78 is 26.4. The topological polar surface area (TPSA) is 32.3 Å². The summed E-state index contributed by atoms with van der Waals surface area (Å²) in [7, 11) is 0. The number of phenolic OH excluding ortho intramolecular Hbond substituents is 1. The highest BCUT2D eigenvalue weighted by Gasteiger charge is 2.20. The van der Waals surface area contributed by atoms with Crippen LogP contribution in [0.5, 0.6) is 5.75 Å². The molecule has 2 aromatic rings. The van der Waals surface area contributed by atoms with Crippen molar-refractivity contribution >= 4 is 5.69 Å². The molecule has 0 spiro atoms. The largest absolute Gasteiger partial charge is 0.508 e. The average molecular weight is 275 g/mol. The average Bonchev–Trinajstić information content (AvgIpc) is 2.38. The van der Waals surface area contributed by atoms with Crippen molar-refractivity contribution in [2.24, 2.45) is 0 Å². The summed E-state index contributed by atoms with van der Waals surface area (Å²) in [5.74, 6) is -0.984. The monoisotopic (exact) mass is 275 g/mol. The van der Waals surface area contributed by atoms with E-state index in [4.69, 9.17) is 0 Å². The third-order valence-corrected chi connectivity index (χ3v) is 3.65. The zero-order valence-electron chi connectivity index (χ0n) is 10.9. The van der Waals surface area contributed by atoms with E-state index in [1.54, 1.807) is 12.1 Å². The lowest BCUT2D eigenvalue weighted by molar-refractivity contribution is 0.471. The summed E-state index contributed by atoms with van der Waals surface area (Å²) in [5, 5.41) is 12.8. The molecule has 3 rings (SSSR count). The Morgan fingerprint density at radius 1 is 1.05 bits per heavy atom. The number of aromatic hydroxyl groups is 1. The second kappa shape index (κ2) is 5.12. The predicted molar refractivity (Wildman–Crippen MR) is 73.8 cm³/mol. The molecule has 1 aliphatic rings. The lowest BCUT2D eigenvalue weighted by Crippen LogP contribution is -2.17. The molecular formula is C16H15F2NO. The number of rotatable bonds is 2. The van der Waals surface area contributed by atoms with Crippen molar-refractivity contribution in [1.29, 1.82) is 0 Å². The lowest BCUT2D eigenvalue weighted by atomic mass is 9.87. The van der Waals surface area contributed by atoms with Crippen LogP contribution in [-0.4, -0.2) is 5.11 Å². The maximum absolute atomic E-state index is 13.2. The van der Waals surface area contributed by atoms with E-state index in [0.29, 0.717) is 5.69 Å². The zero-order valence-corrected chi connectivity index (χ0v) is 10.9. The van der Waals surface area contributed by atoms with E-state index >= 15 is 0 Å². The fourth-order valence-corrected chi connectivity index (χ4v) is 2.77. The molecule has 0 radical (unpaired) electrons. The van der Waals surface area contributed by atoms with Gasteiger partial charge in [-0.1, -0.05) is 6.07 Å². The van der Waals surface area contributed by atoms with Gasteiger partial charge in [0.2, 0.25) is 0 Å². The van der Waals surface area contributed by atoms with Gasteiger partial charge in [0, 0.05) is 11.8 Å². The number of hydrogen-bond acceptors (Lipinski definition) is 2. The zero-order chi connectivity index (χ0) is 14.1. The van der Waals surface area contributed by atoms with Crippen LogP contribution >= 0.6 is 0 Å². The summed E-state index contributed by atoms with van der Waals surface area (Å²) in [6.45, 7) is 0. The molecule has 0 aromatic heterocycles. The van der Waals surface area contributed by atoms with E-state index in [9.17, 15) is 13.9 Å². The lowest BCUT2D eigenvalue weighted by Gasteiger charge is -2.27. The van der Waals surface area contributed by atoms with Crippen LogP contribution in [0.25, 0.3) is 0 Å². The smallest absolute Gasteiger partial charge is 0.128 e. The Morgan fingerprint density at radius 3 is 2.55 bits per heavy atom. The first-order valence-corrected chi connectivity index (χ1v) is 6.66. The maximum atomic E-state index is 13.2. The molecule has 0 aliphatic heterocycles. The van der Waals surface area contributed by atoms with E-state index in [1.165, 1.54) is 17.7 Å². The molecule has 20 heavy (non-hydrogen) atoms. The molecule has 104 valence electrons. The number of aryl methyl sites for hydroxylation is 1. The Labute approximate surface area is 116 Å². The maximum Gasteiger partial charge on any atom is 0.128 e. The summed E-state index contributed by atoms with van der Waals surface area (Å²) in [6, 6.07) is 8.67. The van der Waals surface area contributed by atoms with Crippen molar-refractivity contribution < 1.29 is 13.9 Å². The van der Waals surface area contributed by atoms with Gasteiger partial charge < -0.3 is 10.4 Å². The van der Waals surface area contributed by atoms with Gasteiger partial charge in [-0.3, -0.25) is 0 Å². The van der Waals surface area contributed by atoms with Gasteiger partial charge >= 0.3 is 0 Å². The molecule has 0 saturated heterocycles. The van der Waals surface area contributed by atoms with Crippen LogP contribution in [0.15, 0.2) is 36.4 Å². The van der Waals surface area contributed by atoms with Crippen LogP contribution in [0, 0.1) is 11.6 Å². The van der Waals surface area contributed by atoms with Crippen molar-refractivity contribution in [2.75, 3.05) is 5.32 Å². The summed E-state index contributed by atoms with van der Waals surface area (Å²) >= 11 is 0. The Morgan fingerprint density at radius 2 is 1.80 bits per heavy atom. The second-order valence-electron chi connectivity index (χ2n) is 5.13. The molecule has 4 heteroatoms. The third-order valence-electron chi connectivity index (χ3n) is 3.65. The van der Waals surface area contributed by atoms with Crippen molar-refractivity contribution in [2.45, 2.75) is 25.3 Å². The Balaban J connectivity index is 1.91. The molecule has 1 atom stereocenters. The number of benzene rings is 2. The first-order chi connectivity index (χ1) is 9.61. The molecule has 0 fully saturated rings. The van der Waals surface area contributed by atoms with Gasteiger partial charge in [0.05, 0.1) is 6.04 Å². The quantitative estimate of drug-likeness (QED) is 0.862. The van der Waals surface area contributed by atoms with E-state index in [1.807, 2.05) is 6.07 Å². The normalized spacial score (nSPS) is 17.6. The number of anilines is 1. The van der Waals surface area contributed by atoms with Crippen LogP contribution in [-0.2, 0) is 6.42 Å². The Bertz CT molecular complexity index is 622. The van der Waals surface area contributed by atoms with Crippen LogP contribution in [0.1, 0.15) is 30.0 Å². The van der Waals surface area contributed by atoms with E-state index in [-0.39, 0.29) is 11.8 Å². The molecular weight excluding hydrogens is 260 g/mol. The van der Waals surface area contributed by atoms with E-state index in [2.05, 4.69) is 5.32 Å². The van der Waals surface area contributed by atoms with Gasteiger partial charge in [-0.15, -0.1) is 0 Å². The van der Waals surface area contributed by atoms with Gasteiger partial charge in [-0.2, -0.15) is 0 Å². The molecule has 1 unspecified atom stereocenters. The van der Waals surface area contributed by atoms with E-state index < -0.39 is 11.6 Å². The standard InChI is InChI=1S/C16H15F2NO/c17-11-6-12(18)8-13(7-11)19-16-3-1-2-10-4-5-14(20)9-15(10)16/h4-9,16,19-20H,1-3H2. The fourth-order valence-electron chi connectivity index (χ4n) is 2.77. The summed E-state index contributed by atoms with van der Waals surface area (Å²) in [4.78, 5) is 0. The second-order valence-corrected chi connectivity index (χ2v) is 5.13. The van der Waals surface area contributed by atoms with Gasteiger partial charge in [-0.05, 0) is 54.7 Å². The predicted octanol–water partition coefficient (Wildman–Crippen LogP) is 4.16. The molecule has 0 amide bonds. The highest BCUT2D eigenvalue weighted by Crippen LogP contribution is 2.34. The summed E-state index contributed by atoms with van der Waals surface area (Å²) in [5.41, 5.74) is 2.59. The summed E-state index contributed by atoms with van der Waals surface area (Å²) in [6.07, 6.45) is 2.84. The Hall–Kier alpha value is -2.10. The number of hydrogen-bond donors (Lipinski definition) is 2. The number of halogens is 2. The van der Waals surface area contributed by atoms with Gasteiger partial charge in [0.1, 0.15) is 17.4 Å². The number of nitrogens with one attached hydrogen (secondary N) is 1. The van der Waals surface area contributed by atoms with Crippen molar-refractivity contribution in [1.82, 2.24) is 0 Å². The fraction of sp³-hybridized carbons (Fsp3) is 0.250. The van der Waals surface area contributed by atoms with Crippen molar-refractivity contribution in [3.05, 3.63) is 59.2 Å². The van der Waals surface area contributed by atoms with Crippen molar-refractivity contribution in [3.63, 3.8) is 0 Å². The van der Waals surface area contributed by atoms with Crippen molar-refractivity contribution in [3.8, 4) is 5.75 Å². The Kier molecular flexibility index (Phi) is 3.30. The van der Waals surface area contributed by atoms with Gasteiger partial charge in [0.15, 0.2) is 0 Å². The van der Waals surface area contributed by atoms with Crippen LogP contribution < -0.4 is 5.32 Å². The third kappa shape index (κ3) is 2.59. The molecule has 2 nitrogen and oxygen atoms in total. The SMILES string of the molecule is Oc1ccc2c(c1)C(Nc1cc(F)cc(F)c1)CCC2. The molecule has 2 aromatic carbocycles. The molecule has 0 heterocycles. The minimum atomic E-state index is -0.598. The molecule has 0 saturated carbocycles. The molecule has 1 aliphatic carbocycles. The first-order valence-electron chi connectivity index (χ1n) is 6.66. The van der Waals surface area contributed by atoms with Gasteiger partial charge in [0.25, 0.3) is 0 Å². The first kappa shape index (κ1) is 12.9. The highest BCUT2D eigenvalue weighted by molar-refractivity contribution is 5.49. The molecule has 2 N–H and O–H groups in total. The van der Waals surface area contributed by atoms with Gasteiger partial charge in [-0.25, -0.2) is 8.78 Å². The number of fused-ring (bicyclic) bond motifs is 1. The van der Waals surface area contributed by atoms with E-state index in [0.717, 1.165) is 30.9 Å². The highest BCUT2D eigenvalue weighted by atomic mass is 19.1.